The molecule has 2 aromatic rings. The molecular weight excluding hydrogens is 368 g/mol. The number of sulfonamides is 1. The monoisotopic (exact) mass is 392 g/mol. The Morgan fingerprint density at radius 1 is 1.19 bits per heavy atom. The molecule has 0 unspecified atom stereocenters. The zero-order valence-corrected chi connectivity index (χ0v) is 16.9. The van der Waals surface area contributed by atoms with Crippen molar-refractivity contribution in [1.29, 1.82) is 0 Å². The molecule has 0 bridgehead atoms. The number of aryl methyl sites for hydroxylation is 2. The van der Waals surface area contributed by atoms with E-state index >= 15 is 0 Å². The van der Waals surface area contributed by atoms with E-state index in [9.17, 15) is 13.2 Å². The lowest BCUT2D eigenvalue weighted by atomic mass is 10.2. The minimum absolute atomic E-state index is 0.0766. The van der Waals surface area contributed by atoms with Crippen LogP contribution >= 0.6 is 11.3 Å². The summed E-state index contributed by atoms with van der Waals surface area (Å²) in [6.07, 6.45) is 1.66. The van der Waals surface area contributed by atoms with Crippen molar-refractivity contribution in [2.45, 2.75) is 26.8 Å². The lowest BCUT2D eigenvalue weighted by Crippen LogP contribution is -2.31. The smallest absolute Gasteiger partial charge is 0.233 e. The maximum absolute atomic E-state index is 12.2. The highest BCUT2D eigenvalue weighted by Crippen LogP contribution is 2.17. The minimum atomic E-state index is -3.57. The Balaban J connectivity index is 1.80. The summed E-state index contributed by atoms with van der Waals surface area (Å²) in [4.78, 5) is 14.9. The Hall–Kier alpha value is -1.96. The maximum Gasteiger partial charge on any atom is 0.233 e. The minimum Gasteiger partial charge on any atom is -0.341 e. The first kappa shape index (κ1) is 20.4. The second-order valence-electron chi connectivity index (χ2n) is 6.18. The van der Waals surface area contributed by atoms with Gasteiger partial charge in [0.15, 0.2) is 0 Å². The van der Waals surface area contributed by atoms with Gasteiger partial charge in [-0.05, 0) is 42.5 Å². The number of benzene rings is 1. The standard InChI is InChI=1S/C19H24N2O3S2/c1-15-4-6-17(7-5-15)10-13-26(23,24)20-11-8-19(22)21(3)14-18-16(2)9-12-25-18/h4-7,9-10,12-13,20H,8,11,14H2,1-3H3/b13-10+. The first-order valence-corrected chi connectivity index (χ1v) is 10.7. The fraction of sp³-hybridized carbons (Fsp3) is 0.316. The van der Waals surface area contributed by atoms with Gasteiger partial charge in [0, 0.05) is 30.3 Å². The number of rotatable bonds is 8. The highest BCUT2D eigenvalue weighted by atomic mass is 32.2. The number of carbonyl (C=O) groups is 1. The van der Waals surface area contributed by atoms with Gasteiger partial charge in [-0.2, -0.15) is 0 Å². The molecule has 0 saturated heterocycles. The van der Waals surface area contributed by atoms with Gasteiger partial charge >= 0.3 is 0 Å². The van der Waals surface area contributed by atoms with E-state index in [2.05, 4.69) is 4.72 Å². The van der Waals surface area contributed by atoms with E-state index in [0.717, 1.165) is 27.0 Å². The first-order chi connectivity index (χ1) is 12.3. The molecule has 0 atom stereocenters. The maximum atomic E-state index is 12.2. The SMILES string of the molecule is Cc1ccc(/C=C/S(=O)(=O)NCCC(=O)N(C)Cc2sccc2C)cc1. The molecule has 0 radical (unpaired) electrons. The summed E-state index contributed by atoms with van der Waals surface area (Å²) in [6.45, 7) is 4.60. The van der Waals surface area contributed by atoms with Gasteiger partial charge in [-0.3, -0.25) is 4.79 Å². The molecule has 1 N–H and O–H groups in total. The van der Waals surface area contributed by atoms with Crippen LogP contribution in [0, 0.1) is 13.8 Å². The molecule has 7 heteroatoms. The van der Waals surface area contributed by atoms with Crippen LogP contribution in [0.25, 0.3) is 6.08 Å². The summed E-state index contributed by atoms with van der Waals surface area (Å²) in [5.41, 5.74) is 3.09. The Morgan fingerprint density at radius 2 is 1.88 bits per heavy atom. The highest BCUT2D eigenvalue weighted by Gasteiger charge is 2.12. The fourth-order valence-electron chi connectivity index (χ4n) is 2.25. The molecule has 0 aliphatic rings. The van der Waals surface area contributed by atoms with E-state index in [1.165, 1.54) is 6.08 Å². The number of hydrogen-bond donors (Lipinski definition) is 1. The van der Waals surface area contributed by atoms with Crippen LogP contribution in [0.4, 0.5) is 0 Å². The third kappa shape index (κ3) is 6.40. The molecule has 2 rings (SSSR count). The summed E-state index contributed by atoms with van der Waals surface area (Å²) in [6, 6.07) is 9.57. The van der Waals surface area contributed by atoms with E-state index in [0.29, 0.717) is 6.54 Å². The van der Waals surface area contributed by atoms with E-state index in [4.69, 9.17) is 0 Å². The van der Waals surface area contributed by atoms with Gasteiger partial charge in [-0.1, -0.05) is 29.8 Å². The second-order valence-corrected chi connectivity index (χ2v) is 8.83. The predicted octanol–water partition coefficient (Wildman–Crippen LogP) is 3.30. The van der Waals surface area contributed by atoms with Crippen LogP contribution < -0.4 is 4.72 Å². The third-order valence-electron chi connectivity index (χ3n) is 3.93. The molecule has 5 nitrogen and oxygen atoms in total. The van der Waals surface area contributed by atoms with E-state index in [1.807, 2.05) is 49.6 Å². The Morgan fingerprint density at radius 3 is 2.50 bits per heavy atom. The van der Waals surface area contributed by atoms with Crippen LogP contribution in [0.2, 0.25) is 0 Å². The van der Waals surface area contributed by atoms with Gasteiger partial charge in [0.1, 0.15) is 0 Å². The van der Waals surface area contributed by atoms with Crippen molar-refractivity contribution in [3.05, 3.63) is 62.7 Å². The van der Waals surface area contributed by atoms with Crippen LogP contribution in [0.3, 0.4) is 0 Å². The third-order valence-corrected chi connectivity index (χ3v) is 6.04. The summed E-state index contributed by atoms with van der Waals surface area (Å²) in [5.74, 6) is -0.0944. The van der Waals surface area contributed by atoms with Crippen LogP contribution in [-0.2, 0) is 21.4 Å². The quantitative estimate of drug-likeness (QED) is 0.749. The molecule has 0 fully saturated rings. The molecular formula is C19H24N2O3S2. The number of hydrogen-bond acceptors (Lipinski definition) is 4. The lowest BCUT2D eigenvalue weighted by Gasteiger charge is -2.17. The molecule has 140 valence electrons. The molecule has 1 heterocycles. The second kappa shape index (κ2) is 9.12. The van der Waals surface area contributed by atoms with Crippen molar-refractivity contribution in [3.8, 4) is 0 Å². The summed E-state index contributed by atoms with van der Waals surface area (Å²) in [5, 5.41) is 3.12. The average Bonchev–Trinajstić information content (AvgIpc) is 2.99. The Labute approximate surface area is 159 Å². The molecule has 0 aliphatic heterocycles. The van der Waals surface area contributed by atoms with Crippen LogP contribution in [0.1, 0.15) is 28.0 Å². The van der Waals surface area contributed by atoms with Gasteiger partial charge in [0.05, 0.1) is 6.54 Å². The summed E-state index contributed by atoms with van der Waals surface area (Å²) in [7, 11) is -1.84. The number of amides is 1. The normalized spacial score (nSPS) is 11.8. The molecule has 26 heavy (non-hydrogen) atoms. The first-order valence-electron chi connectivity index (χ1n) is 8.28. The van der Waals surface area contributed by atoms with Crippen molar-refractivity contribution in [3.63, 3.8) is 0 Å². The predicted molar refractivity (Wildman–Crippen MR) is 107 cm³/mol. The zero-order valence-electron chi connectivity index (χ0n) is 15.2. The van der Waals surface area contributed by atoms with Crippen LogP contribution in [-0.4, -0.2) is 32.8 Å². The molecule has 1 amide bonds. The van der Waals surface area contributed by atoms with Gasteiger partial charge in [0.2, 0.25) is 15.9 Å². The van der Waals surface area contributed by atoms with Gasteiger partial charge in [-0.15, -0.1) is 11.3 Å². The van der Waals surface area contributed by atoms with Crippen LogP contribution in [0.15, 0.2) is 41.1 Å². The Kier molecular flexibility index (Phi) is 7.14. The van der Waals surface area contributed by atoms with E-state index in [-0.39, 0.29) is 18.9 Å². The van der Waals surface area contributed by atoms with E-state index < -0.39 is 10.0 Å². The van der Waals surface area contributed by atoms with Crippen molar-refractivity contribution in [2.75, 3.05) is 13.6 Å². The molecule has 1 aromatic carbocycles. The fourth-order valence-corrected chi connectivity index (χ4v) is 4.03. The molecule has 0 aliphatic carbocycles. The molecule has 0 spiro atoms. The number of thiophene rings is 1. The Bertz CT molecular complexity index is 868. The zero-order chi connectivity index (χ0) is 19.2. The van der Waals surface area contributed by atoms with Crippen LogP contribution in [0.5, 0.6) is 0 Å². The van der Waals surface area contributed by atoms with Gasteiger partial charge in [-0.25, -0.2) is 13.1 Å². The largest absolute Gasteiger partial charge is 0.341 e. The van der Waals surface area contributed by atoms with Crippen molar-refractivity contribution >= 4 is 33.3 Å². The molecule has 0 saturated carbocycles. The summed E-state index contributed by atoms with van der Waals surface area (Å²) >= 11 is 1.61. The highest BCUT2D eigenvalue weighted by molar-refractivity contribution is 7.92. The average molecular weight is 393 g/mol. The number of nitrogens with zero attached hydrogens (tertiary/aromatic N) is 1. The summed E-state index contributed by atoms with van der Waals surface area (Å²) < 4.78 is 26.4. The van der Waals surface area contributed by atoms with E-state index in [1.54, 1.807) is 23.3 Å². The van der Waals surface area contributed by atoms with Crippen molar-refractivity contribution in [1.82, 2.24) is 9.62 Å². The number of carbonyl (C=O) groups excluding carboxylic acids is 1. The topological polar surface area (TPSA) is 66.5 Å². The van der Waals surface area contributed by atoms with Gasteiger partial charge in [0.25, 0.3) is 0 Å². The van der Waals surface area contributed by atoms with Gasteiger partial charge < -0.3 is 4.90 Å². The molecule has 1 aromatic heterocycles. The lowest BCUT2D eigenvalue weighted by molar-refractivity contribution is -0.130. The van der Waals surface area contributed by atoms with Crippen molar-refractivity contribution < 1.29 is 13.2 Å². The number of nitrogens with one attached hydrogen (secondary N) is 1. The van der Waals surface area contributed by atoms with Crippen molar-refractivity contribution in [2.24, 2.45) is 0 Å².